The summed E-state index contributed by atoms with van der Waals surface area (Å²) in [6, 6.07) is 11.0. The number of hydrogen-bond acceptors (Lipinski definition) is 4. The van der Waals surface area contributed by atoms with Crippen LogP contribution in [0.15, 0.2) is 47.4 Å². The van der Waals surface area contributed by atoms with Crippen molar-refractivity contribution in [3.05, 3.63) is 69.9 Å². The highest BCUT2D eigenvalue weighted by Gasteiger charge is 2.36. The number of hydrogen-bond donors (Lipinski definition) is 1. The Labute approximate surface area is 160 Å². The third-order valence-electron chi connectivity index (χ3n) is 4.13. The summed E-state index contributed by atoms with van der Waals surface area (Å²) >= 11 is 0.758. The normalized spacial score (nSPS) is 15.5. The molecule has 0 saturated carbocycles. The van der Waals surface area contributed by atoms with Crippen molar-refractivity contribution in [1.82, 2.24) is 4.90 Å². The lowest BCUT2D eigenvalue weighted by Crippen LogP contribution is -2.36. The third kappa shape index (κ3) is 4.43. The molecule has 0 aliphatic carbocycles. The molecule has 1 fully saturated rings. The van der Waals surface area contributed by atoms with Crippen LogP contribution in [-0.4, -0.2) is 28.5 Å². The van der Waals surface area contributed by atoms with Crippen LogP contribution >= 0.6 is 11.8 Å². The first-order valence-electron chi connectivity index (χ1n) is 8.21. The maximum absolute atomic E-state index is 13.0. The molecular weight excluding hydrogens is 367 g/mol. The van der Waals surface area contributed by atoms with Crippen LogP contribution in [0.4, 0.5) is 14.9 Å². The minimum Gasteiger partial charge on any atom is -0.325 e. The first kappa shape index (κ1) is 18.8. The number of rotatable bonds is 4. The smallest absolute Gasteiger partial charge is 0.294 e. The fraction of sp³-hybridized carbons (Fsp3) is 0.150. The Morgan fingerprint density at radius 1 is 1.11 bits per heavy atom. The van der Waals surface area contributed by atoms with E-state index < -0.39 is 17.1 Å². The molecule has 1 saturated heterocycles. The van der Waals surface area contributed by atoms with E-state index in [0.717, 1.165) is 27.8 Å². The molecule has 2 aromatic carbocycles. The van der Waals surface area contributed by atoms with Gasteiger partial charge < -0.3 is 5.32 Å². The summed E-state index contributed by atoms with van der Waals surface area (Å²) in [5.41, 5.74) is 3.34. The topological polar surface area (TPSA) is 66.5 Å². The predicted octanol–water partition coefficient (Wildman–Crippen LogP) is 4.12. The molecule has 138 valence electrons. The van der Waals surface area contributed by atoms with Crippen LogP contribution in [0.25, 0.3) is 6.08 Å². The molecule has 0 atom stereocenters. The number of nitrogens with one attached hydrogen (secondary N) is 1. The standard InChI is InChI=1S/C20H17FN2O3S/c1-12-3-8-16(9-13(12)2)22-18(24)11-23-19(25)17(27-20(23)26)10-14-4-6-15(21)7-5-14/h3-10H,11H2,1-2H3,(H,22,24)/b17-10-. The molecule has 0 radical (unpaired) electrons. The lowest BCUT2D eigenvalue weighted by Gasteiger charge is -2.13. The lowest BCUT2D eigenvalue weighted by atomic mass is 10.1. The number of aryl methyl sites for hydroxylation is 2. The molecule has 0 aromatic heterocycles. The van der Waals surface area contributed by atoms with Crippen LogP contribution in [0, 0.1) is 19.7 Å². The quantitative estimate of drug-likeness (QED) is 0.806. The van der Waals surface area contributed by atoms with Crippen LogP contribution in [-0.2, 0) is 9.59 Å². The fourth-order valence-electron chi connectivity index (χ4n) is 2.51. The first-order chi connectivity index (χ1) is 12.8. The zero-order chi connectivity index (χ0) is 19.6. The van der Waals surface area contributed by atoms with Crippen molar-refractivity contribution < 1.29 is 18.8 Å². The number of halogens is 1. The Balaban J connectivity index is 1.68. The summed E-state index contributed by atoms with van der Waals surface area (Å²) < 4.78 is 13.0. The largest absolute Gasteiger partial charge is 0.325 e. The molecule has 1 aliphatic rings. The van der Waals surface area contributed by atoms with E-state index in [-0.39, 0.29) is 17.3 Å². The maximum atomic E-state index is 13.0. The Morgan fingerprint density at radius 2 is 1.81 bits per heavy atom. The molecule has 5 nitrogen and oxygen atoms in total. The summed E-state index contributed by atoms with van der Waals surface area (Å²) in [5, 5.41) is 2.18. The van der Waals surface area contributed by atoms with Crippen molar-refractivity contribution in [1.29, 1.82) is 0 Å². The van der Waals surface area contributed by atoms with E-state index in [9.17, 15) is 18.8 Å². The minimum absolute atomic E-state index is 0.200. The number of nitrogens with zero attached hydrogens (tertiary/aromatic N) is 1. The minimum atomic E-state index is -0.537. The second-order valence-electron chi connectivity index (χ2n) is 6.17. The average Bonchev–Trinajstić information content (AvgIpc) is 2.87. The van der Waals surface area contributed by atoms with Crippen molar-refractivity contribution in [3.63, 3.8) is 0 Å². The van der Waals surface area contributed by atoms with Gasteiger partial charge in [-0.1, -0.05) is 18.2 Å². The Bertz CT molecular complexity index is 954. The molecule has 1 heterocycles. The van der Waals surface area contributed by atoms with Crippen LogP contribution in [0.5, 0.6) is 0 Å². The summed E-state index contributed by atoms with van der Waals surface area (Å²) in [4.78, 5) is 37.9. The van der Waals surface area contributed by atoms with Gasteiger partial charge in [0.05, 0.1) is 4.91 Å². The van der Waals surface area contributed by atoms with Gasteiger partial charge in [-0.15, -0.1) is 0 Å². The van der Waals surface area contributed by atoms with Gasteiger partial charge in [0.2, 0.25) is 5.91 Å². The summed E-state index contributed by atoms with van der Waals surface area (Å²) in [6.07, 6.45) is 1.51. The average molecular weight is 384 g/mol. The lowest BCUT2D eigenvalue weighted by molar-refractivity contribution is -0.127. The summed E-state index contributed by atoms with van der Waals surface area (Å²) in [6.45, 7) is 3.54. The molecule has 0 bridgehead atoms. The molecule has 1 aliphatic heterocycles. The zero-order valence-electron chi connectivity index (χ0n) is 14.8. The molecule has 2 aromatic rings. The van der Waals surface area contributed by atoms with E-state index in [1.807, 2.05) is 26.0 Å². The van der Waals surface area contributed by atoms with Gasteiger partial charge in [-0.2, -0.15) is 0 Å². The molecule has 27 heavy (non-hydrogen) atoms. The monoisotopic (exact) mass is 384 g/mol. The summed E-state index contributed by atoms with van der Waals surface area (Å²) in [5.74, 6) is -1.38. The van der Waals surface area contributed by atoms with Crippen molar-refractivity contribution in [2.75, 3.05) is 11.9 Å². The van der Waals surface area contributed by atoms with Crippen molar-refractivity contribution in [2.24, 2.45) is 0 Å². The van der Waals surface area contributed by atoms with Gasteiger partial charge in [0, 0.05) is 5.69 Å². The van der Waals surface area contributed by atoms with Gasteiger partial charge in [-0.25, -0.2) is 4.39 Å². The SMILES string of the molecule is Cc1ccc(NC(=O)CN2C(=O)S/C(=C\c3ccc(F)cc3)C2=O)cc1C. The predicted molar refractivity (Wildman–Crippen MR) is 104 cm³/mol. The third-order valence-corrected chi connectivity index (χ3v) is 5.04. The maximum Gasteiger partial charge on any atom is 0.294 e. The van der Waals surface area contributed by atoms with E-state index in [2.05, 4.69) is 5.32 Å². The van der Waals surface area contributed by atoms with Gasteiger partial charge in [-0.3, -0.25) is 19.3 Å². The van der Waals surface area contributed by atoms with Gasteiger partial charge in [0.25, 0.3) is 11.1 Å². The molecule has 0 spiro atoms. The Kier molecular flexibility index (Phi) is 5.41. The Morgan fingerprint density at radius 3 is 2.48 bits per heavy atom. The van der Waals surface area contributed by atoms with Gasteiger partial charge in [0.15, 0.2) is 0 Å². The number of anilines is 1. The molecule has 3 rings (SSSR count). The molecule has 3 amide bonds. The second-order valence-corrected chi connectivity index (χ2v) is 7.16. The second kappa shape index (κ2) is 7.75. The van der Waals surface area contributed by atoms with Gasteiger partial charge in [0.1, 0.15) is 12.4 Å². The molecule has 1 N–H and O–H groups in total. The van der Waals surface area contributed by atoms with Crippen LogP contribution in [0.1, 0.15) is 16.7 Å². The molecular formula is C20H17FN2O3S. The highest BCUT2D eigenvalue weighted by atomic mass is 32.2. The van der Waals surface area contributed by atoms with E-state index in [0.29, 0.717) is 11.3 Å². The highest BCUT2D eigenvalue weighted by Crippen LogP contribution is 2.32. The van der Waals surface area contributed by atoms with E-state index in [1.165, 1.54) is 30.3 Å². The molecule has 0 unspecified atom stereocenters. The van der Waals surface area contributed by atoms with E-state index in [1.54, 1.807) is 6.07 Å². The number of carbonyl (C=O) groups is 3. The van der Waals surface area contributed by atoms with Crippen molar-refractivity contribution in [3.8, 4) is 0 Å². The van der Waals surface area contributed by atoms with E-state index >= 15 is 0 Å². The number of amides is 3. The highest BCUT2D eigenvalue weighted by molar-refractivity contribution is 8.18. The first-order valence-corrected chi connectivity index (χ1v) is 9.03. The van der Waals surface area contributed by atoms with Crippen LogP contribution < -0.4 is 5.32 Å². The van der Waals surface area contributed by atoms with E-state index in [4.69, 9.17) is 0 Å². The van der Waals surface area contributed by atoms with Crippen LogP contribution in [0.3, 0.4) is 0 Å². The number of imide groups is 1. The summed E-state index contributed by atoms with van der Waals surface area (Å²) in [7, 11) is 0. The van der Waals surface area contributed by atoms with Crippen molar-refractivity contribution >= 4 is 40.6 Å². The van der Waals surface area contributed by atoms with Gasteiger partial charge >= 0.3 is 0 Å². The Hall–Kier alpha value is -2.93. The van der Waals surface area contributed by atoms with Crippen molar-refractivity contribution in [2.45, 2.75) is 13.8 Å². The zero-order valence-corrected chi connectivity index (χ0v) is 15.6. The van der Waals surface area contributed by atoms with Crippen LogP contribution in [0.2, 0.25) is 0 Å². The number of thioether (sulfide) groups is 1. The number of benzene rings is 2. The fourth-order valence-corrected chi connectivity index (χ4v) is 3.35. The number of carbonyl (C=O) groups excluding carboxylic acids is 3. The van der Waals surface area contributed by atoms with Gasteiger partial charge in [-0.05, 0) is 72.6 Å². The molecule has 7 heteroatoms.